The van der Waals surface area contributed by atoms with Crippen LogP contribution < -0.4 is 5.32 Å². The molecule has 1 atom stereocenters. The van der Waals surface area contributed by atoms with E-state index in [0.717, 1.165) is 0 Å². The van der Waals surface area contributed by atoms with Crippen LogP contribution in [0.15, 0.2) is 18.2 Å². The zero-order chi connectivity index (χ0) is 10.7. The van der Waals surface area contributed by atoms with Crippen LogP contribution in [0.5, 0.6) is 0 Å². The number of carbonyl (C=O) groups is 1. The van der Waals surface area contributed by atoms with Crippen LogP contribution in [0.25, 0.3) is 0 Å². The molecule has 3 nitrogen and oxygen atoms in total. The van der Waals surface area contributed by atoms with Crippen molar-refractivity contribution in [3.63, 3.8) is 0 Å². The Morgan fingerprint density at radius 3 is 2.50 bits per heavy atom. The van der Waals surface area contributed by atoms with Gasteiger partial charge in [0.25, 0.3) is 0 Å². The third-order valence-electron chi connectivity index (χ3n) is 1.81. The molecule has 0 aliphatic rings. The lowest BCUT2D eigenvalue weighted by Crippen LogP contribution is -2.24. The van der Waals surface area contributed by atoms with Crippen molar-refractivity contribution in [3.05, 3.63) is 33.8 Å². The minimum absolute atomic E-state index is 0.352. The lowest BCUT2D eigenvalue weighted by molar-refractivity contribution is -0.139. The van der Waals surface area contributed by atoms with Crippen LogP contribution in [-0.4, -0.2) is 18.1 Å². The number of carboxylic acids is 1. The molecule has 0 bridgehead atoms. The van der Waals surface area contributed by atoms with E-state index in [1.165, 1.54) is 0 Å². The zero-order valence-electron chi connectivity index (χ0n) is 7.42. The van der Waals surface area contributed by atoms with Crippen molar-refractivity contribution in [2.45, 2.75) is 6.04 Å². The topological polar surface area (TPSA) is 49.3 Å². The molecule has 1 aromatic rings. The third kappa shape index (κ3) is 2.38. The van der Waals surface area contributed by atoms with Crippen LogP contribution >= 0.6 is 23.2 Å². The lowest BCUT2D eigenvalue weighted by Gasteiger charge is -2.11. The predicted octanol–water partition coefficient (Wildman–Crippen LogP) is 2.34. The molecule has 0 saturated heterocycles. The van der Waals surface area contributed by atoms with Gasteiger partial charge in [-0.3, -0.25) is 4.79 Å². The maximum Gasteiger partial charge on any atom is 0.325 e. The van der Waals surface area contributed by atoms with Crippen LogP contribution in [0.2, 0.25) is 10.0 Å². The fourth-order valence-electron chi connectivity index (χ4n) is 1.12. The van der Waals surface area contributed by atoms with Crippen LogP contribution in [0.4, 0.5) is 0 Å². The molecule has 0 aliphatic heterocycles. The molecule has 0 aromatic heterocycles. The summed E-state index contributed by atoms with van der Waals surface area (Å²) < 4.78 is 0. The summed E-state index contributed by atoms with van der Waals surface area (Å²) in [5, 5.41) is 12.3. The van der Waals surface area contributed by atoms with E-state index in [1.807, 2.05) is 0 Å². The van der Waals surface area contributed by atoms with Crippen LogP contribution in [0.3, 0.4) is 0 Å². The molecule has 0 radical (unpaired) electrons. The standard InChI is InChI=1S/C9H9Cl2NO2/c1-12-8(9(13)14)5-2-3-6(10)7(11)4-5/h2-4,8,12H,1H3,(H,13,14)/t8-/m0/s1. The van der Waals surface area contributed by atoms with Gasteiger partial charge in [0.2, 0.25) is 0 Å². The van der Waals surface area contributed by atoms with E-state index in [9.17, 15) is 4.79 Å². The second kappa shape index (κ2) is 4.64. The number of hydrogen-bond donors (Lipinski definition) is 2. The fraction of sp³-hybridized carbons (Fsp3) is 0.222. The molecule has 5 heteroatoms. The van der Waals surface area contributed by atoms with Crippen molar-refractivity contribution in [1.29, 1.82) is 0 Å². The normalized spacial score (nSPS) is 12.5. The number of hydrogen-bond acceptors (Lipinski definition) is 2. The average Bonchev–Trinajstić information content (AvgIpc) is 2.11. The van der Waals surface area contributed by atoms with Gasteiger partial charge >= 0.3 is 5.97 Å². The molecule has 0 heterocycles. The molecule has 0 spiro atoms. The van der Waals surface area contributed by atoms with Gasteiger partial charge in [0.05, 0.1) is 10.0 Å². The minimum atomic E-state index is -0.953. The molecule has 0 aliphatic carbocycles. The van der Waals surface area contributed by atoms with E-state index in [2.05, 4.69) is 5.32 Å². The van der Waals surface area contributed by atoms with Crippen molar-refractivity contribution in [2.75, 3.05) is 7.05 Å². The summed E-state index contributed by atoms with van der Waals surface area (Å²) in [6.45, 7) is 0. The minimum Gasteiger partial charge on any atom is -0.480 e. The molecular weight excluding hydrogens is 225 g/mol. The van der Waals surface area contributed by atoms with Gasteiger partial charge in [-0.05, 0) is 24.7 Å². The third-order valence-corrected chi connectivity index (χ3v) is 2.55. The molecule has 0 amide bonds. The summed E-state index contributed by atoms with van der Waals surface area (Å²) in [6, 6.07) is 3.99. The smallest absolute Gasteiger partial charge is 0.325 e. The molecule has 0 unspecified atom stereocenters. The Hall–Kier alpha value is -0.770. The van der Waals surface area contributed by atoms with Gasteiger partial charge in [0.15, 0.2) is 0 Å². The SMILES string of the molecule is CN[C@H](C(=O)O)c1ccc(Cl)c(Cl)c1. The van der Waals surface area contributed by atoms with Gasteiger partial charge in [0, 0.05) is 0 Å². The first-order valence-electron chi connectivity index (χ1n) is 3.91. The van der Waals surface area contributed by atoms with Crippen LogP contribution in [-0.2, 0) is 4.79 Å². The summed E-state index contributed by atoms with van der Waals surface area (Å²) >= 11 is 11.5. The van der Waals surface area contributed by atoms with Crippen molar-refractivity contribution in [3.8, 4) is 0 Å². The number of aliphatic carboxylic acids is 1. The maximum absolute atomic E-state index is 10.8. The van der Waals surface area contributed by atoms with Gasteiger partial charge in [-0.15, -0.1) is 0 Å². The highest BCUT2D eigenvalue weighted by Crippen LogP contribution is 2.25. The lowest BCUT2D eigenvalue weighted by atomic mass is 10.1. The number of benzene rings is 1. The van der Waals surface area contributed by atoms with Gasteiger partial charge in [-0.2, -0.15) is 0 Å². The van der Waals surface area contributed by atoms with Crippen molar-refractivity contribution in [2.24, 2.45) is 0 Å². The second-order valence-electron chi connectivity index (χ2n) is 2.73. The van der Waals surface area contributed by atoms with Crippen molar-refractivity contribution in [1.82, 2.24) is 5.32 Å². The van der Waals surface area contributed by atoms with Crippen molar-refractivity contribution < 1.29 is 9.90 Å². The highest BCUT2D eigenvalue weighted by molar-refractivity contribution is 6.42. The molecule has 76 valence electrons. The quantitative estimate of drug-likeness (QED) is 0.843. The van der Waals surface area contributed by atoms with E-state index in [4.69, 9.17) is 28.3 Å². The number of nitrogens with one attached hydrogen (secondary N) is 1. The Morgan fingerprint density at radius 2 is 2.07 bits per heavy atom. The monoisotopic (exact) mass is 233 g/mol. The first kappa shape index (κ1) is 11.3. The second-order valence-corrected chi connectivity index (χ2v) is 3.55. The first-order chi connectivity index (χ1) is 6.56. The maximum atomic E-state index is 10.8. The Balaban J connectivity index is 3.06. The average molecular weight is 234 g/mol. The molecular formula is C9H9Cl2NO2. The summed E-state index contributed by atoms with van der Waals surface area (Å²) in [5.41, 5.74) is 0.578. The first-order valence-corrected chi connectivity index (χ1v) is 4.67. The van der Waals surface area contributed by atoms with E-state index in [-0.39, 0.29) is 0 Å². The molecule has 0 fully saturated rings. The van der Waals surface area contributed by atoms with E-state index >= 15 is 0 Å². The molecule has 14 heavy (non-hydrogen) atoms. The Labute approximate surface area is 91.6 Å². The Morgan fingerprint density at radius 1 is 1.43 bits per heavy atom. The van der Waals surface area contributed by atoms with Gasteiger partial charge < -0.3 is 10.4 Å². The number of carboxylic acid groups (broad SMARTS) is 1. The Kier molecular flexibility index (Phi) is 3.75. The number of rotatable bonds is 3. The van der Waals surface area contributed by atoms with Crippen LogP contribution in [0, 0.1) is 0 Å². The summed E-state index contributed by atoms with van der Waals surface area (Å²) in [7, 11) is 1.57. The van der Waals surface area contributed by atoms with Crippen molar-refractivity contribution >= 4 is 29.2 Å². The van der Waals surface area contributed by atoms with Crippen LogP contribution in [0.1, 0.15) is 11.6 Å². The van der Waals surface area contributed by atoms with E-state index in [0.29, 0.717) is 15.6 Å². The molecule has 0 saturated carbocycles. The molecule has 2 N–H and O–H groups in total. The largest absolute Gasteiger partial charge is 0.480 e. The fourth-order valence-corrected chi connectivity index (χ4v) is 1.43. The highest BCUT2D eigenvalue weighted by atomic mass is 35.5. The van der Waals surface area contributed by atoms with E-state index < -0.39 is 12.0 Å². The van der Waals surface area contributed by atoms with Gasteiger partial charge in [-0.25, -0.2) is 0 Å². The van der Waals surface area contributed by atoms with Gasteiger partial charge in [-0.1, -0.05) is 29.3 Å². The summed E-state index contributed by atoms with van der Waals surface area (Å²) in [6.07, 6.45) is 0. The van der Waals surface area contributed by atoms with Gasteiger partial charge in [0.1, 0.15) is 6.04 Å². The molecule has 1 aromatic carbocycles. The Bertz CT molecular complexity index is 355. The summed E-state index contributed by atoms with van der Waals surface area (Å²) in [4.78, 5) is 10.8. The predicted molar refractivity (Wildman–Crippen MR) is 55.9 cm³/mol. The summed E-state index contributed by atoms with van der Waals surface area (Å²) in [5.74, 6) is -0.953. The highest BCUT2D eigenvalue weighted by Gasteiger charge is 2.17. The number of likely N-dealkylation sites (N-methyl/N-ethyl adjacent to an activating group) is 1. The zero-order valence-corrected chi connectivity index (χ0v) is 8.93. The van der Waals surface area contributed by atoms with E-state index in [1.54, 1.807) is 25.2 Å². The molecule has 1 rings (SSSR count). The number of halogens is 2.